The highest BCUT2D eigenvalue weighted by atomic mass is 16.5. The average Bonchev–Trinajstić information content (AvgIpc) is 3.21. The lowest BCUT2D eigenvalue weighted by Gasteiger charge is -2.36. The lowest BCUT2D eigenvalue weighted by Crippen LogP contribution is -2.50. The number of ether oxygens (including phenoxy) is 2. The highest BCUT2D eigenvalue weighted by molar-refractivity contribution is 5.76. The SMILES string of the molecule is CCC(CC)N(CCOC)C(C(=O)OC)C1CC1. The first kappa shape index (κ1) is 15.4. The van der Waals surface area contributed by atoms with Crippen molar-refractivity contribution in [2.24, 2.45) is 5.92 Å². The summed E-state index contributed by atoms with van der Waals surface area (Å²) in [5, 5.41) is 0. The molecule has 0 aliphatic heterocycles. The molecule has 0 spiro atoms. The van der Waals surface area contributed by atoms with Crippen molar-refractivity contribution in [1.82, 2.24) is 4.90 Å². The molecule has 4 nitrogen and oxygen atoms in total. The zero-order chi connectivity index (χ0) is 13.5. The van der Waals surface area contributed by atoms with Crippen LogP contribution in [0.4, 0.5) is 0 Å². The van der Waals surface area contributed by atoms with Gasteiger partial charge in [0.05, 0.1) is 13.7 Å². The van der Waals surface area contributed by atoms with Crippen LogP contribution in [0.2, 0.25) is 0 Å². The molecule has 0 radical (unpaired) electrons. The first-order valence-electron chi connectivity index (χ1n) is 7.02. The van der Waals surface area contributed by atoms with Crippen LogP contribution in [0.3, 0.4) is 0 Å². The maximum atomic E-state index is 12.0. The molecule has 0 aromatic carbocycles. The normalized spacial score (nSPS) is 17.2. The summed E-state index contributed by atoms with van der Waals surface area (Å²) in [7, 11) is 3.19. The van der Waals surface area contributed by atoms with E-state index in [9.17, 15) is 4.79 Å². The third-order valence-electron chi connectivity index (χ3n) is 3.83. The van der Waals surface area contributed by atoms with Crippen molar-refractivity contribution in [3.63, 3.8) is 0 Å². The van der Waals surface area contributed by atoms with Gasteiger partial charge in [-0.2, -0.15) is 0 Å². The van der Waals surface area contributed by atoms with Crippen molar-refractivity contribution in [2.75, 3.05) is 27.4 Å². The number of carbonyl (C=O) groups excluding carboxylic acids is 1. The second-order valence-corrected chi connectivity index (χ2v) is 5.01. The van der Waals surface area contributed by atoms with Gasteiger partial charge in [-0.3, -0.25) is 9.69 Å². The molecule has 0 aromatic heterocycles. The Balaban J connectivity index is 2.78. The predicted octanol–water partition coefficient (Wildman–Crippen LogP) is 2.08. The van der Waals surface area contributed by atoms with Crippen molar-refractivity contribution in [3.8, 4) is 0 Å². The Morgan fingerprint density at radius 3 is 2.28 bits per heavy atom. The molecule has 4 heteroatoms. The largest absolute Gasteiger partial charge is 0.468 e. The molecule has 1 aliphatic rings. The van der Waals surface area contributed by atoms with Gasteiger partial charge in [-0.1, -0.05) is 13.8 Å². The summed E-state index contributed by atoms with van der Waals surface area (Å²) in [6.45, 7) is 5.82. The minimum Gasteiger partial charge on any atom is -0.468 e. The van der Waals surface area contributed by atoms with Crippen LogP contribution in [0.25, 0.3) is 0 Å². The van der Waals surface area contributed by atoms with E-state index in [1.807, 2.05) is 0 Å². The fraction of sp³-hybridized carbons (Fsp3) is 0.929. The van der Waals surface area contributed by atoms with Gasteiger partial charge in [-0.25, -0.2) is 0 Å². The van der Waals surface area contributed by atoms with Crippen LogP contribution in [-0.4, -0.2) is 50.3 Å². The van der Waals surface area contributed by atoms with Crippen LogP contribution in [-0.2, 0) is 14.3 Å². The van der Waals surface area contributed by atoms with Gasteiger partial charge in [-0.15, -0.1) is 0 Å². The summed E-state index contributed by atoms with van der Waals surface area (Å²) < 4.78 is 10.2. The molecule has 1 unspecified atom stereocenters. The molecular weight excluding hydrogens is 230 g/mol. The Kier molecular flexibility index (Phi) is 6.65. The summed E-state index contributed by atoms with van der Waals surface area (Å²) in [6, 6.07) is 0.361. The Bertz CT molecular complexity index is 249. The van der Waals surface area contributed by atoms with Crippen LogP contribution in [0, 0.1) is 5.92 Å². The minimum atomic E-state index is -0.0829. The van der Waals surface area contributed by atoms with E-state index in [2.05, 4.69) is 18.7 Å². The maximum absolute atomic E-state index is 12.0. The van der Waals surface area contributed by atoms with Crippen molar-refractivity contribution >= 4 is 5.97 Å². The first-order valence-corrected chi connectivity index (χ1v) is 7.02. The lowest BCUT2D eigenvalue weighted by atomic mass is 10.0. The first-order chi connectivity index (χ1) is 8.69. The molecule has 1 rings (SSSR count). The molecule has 18 heavy (non-hydrogen) atoms. The molecule has 0 saturated heterocycles. The topological polar surface area (TPSA) is 38.8 Å². The number of methoxy groups -OCH3 is 2. The number of hydrogen-bond acceptors (Lipinski definition) is 4. The molecular formula is C14H27NO3. The van der Waals surface area contributed by atoms with Crippen molar-refractivity contribution in [3.05, 3.63) is 0 Å². The third kappa shape index (κ3) is 3.95. The molecule has 1 saturated carbocycles. The Hall–Kier alpha value is -0.610. The molecule has 0 aromatic rings. The third-order valence-corrected chi connectivity index (χ3v) is 3.83. The van der Waals surface area contributed by atoms with E-state index in [0.717, 1.165) is 32.2 Å². The number of hydrogen-bond donors (Lipinski definition) is 0. The summed E-state index contributed by atoms with van der Waals surface area (Å²) in [6.07, 6.45) is 4.40. The van der Waals surface area contributed by atoms with Gasteiger partial charge in [0.2, 0.25) is 0 Å². The zero-order valence-corrected chi connectivity index (χ0v) is 12.1. The van der Waals surface area contributed by atoms with Gasteiger partial charge in [-0.05, 0) is 31.6 Å². The number of nitrogens with zero attached hydrogens (tertiary/aromatic N) is 1. The van der Waals surface area contributed by atoms with E-state index in [-0.39, 0.29) is 12.0 Å². The minimum absolute atomic E-state index is 0.0740. The Labute approximate surface area is 111 Å². The molecule has 1 aliphatic carbocycles. The second kappa shape index (κ2) is 7.74. The fourth-order valence-corrected chi connectivity index (χ4v) is 2.63. The Morgan fingerprint density at radius 2 is 1.89 bits per heavy atom. The fourth-order valence-electron chi connectivity index (χ4n) is 2.63. The van der Waals surface area contributed by atoms with Crippen LogP contribution >= 0.6 is 0 Å². The van der Waals surface area contributed by atoms with E-state index in [4.69, 9.17) is 9.47 Å². The summed E-state index contributed by atoms with van der Waals surface area (Å²) in [5.74, 6) is 0.399. The van der Waals surface area contributed by atoms with E-state index in [0.29, 0.717) is 18.6 Å². The lowest BCUT2D eigenvalue weighted by molar-refractivity contribution is -0.149. The monoisotopic (exact) mass is 257 g/mol. The van der Waals surface area contributed by atoms with Crippen LogP contribution < -0.4 is 0 Å². The van der Waals surface area contributed by atoms with Crippen molar-refractivity contribution in [2.45, 2.75) is 51.6 Å². The van der Waals surface area contributed by atoms with Crippen molar-refractivity contribution in [1.29, 1.82) is 0 Å². The van der Waals surface area contributed by atoms with Crippen molar-refractivity contribution < 1.29 is 14.3 Å². The predicted molar refractivity (Wildman–Crippen MR) is 71.5 cm³/mol. The van der Waals surface area contributed by atoms with E-state index in [1.54, 1.807) is 7.11 Å². The van der Waals surface area contributed by atoms with Gasteiger partial charge in [0.15, 0.2) is 0 Å². The molecule has 106 valence electrons. The summed E-state index contributed by atoms with van der Waals surface area (Å²) in [5.41, 5.74) is 0. The van der Waals surface area contributed by atoms with Crippen LogP contribution in [0.15, 0.2) is 0 Å². The highest BCUT2D eigenvalue weighted by Crippen LogP contribution is 2.37. The second-order valence-electron chi connectivity index (χ2n) is 5.01. The molecule has 0 amide bonds. The highest BCUT2D eigenvalue weighted by Gasteiger charge is 2.42. The Morgan fingerprint density at radius 1 is 1.28 bits per heavy atom. The quantitative estimate of drug-likeness (QED) is 0.593. The van der Waals surface area contributed by atoms with Gasteiger partial charge < -0.3 is 9.47 Å². The van der Waals surface area contributed by atoms with E-state index < -0.39 is 0 Å². The number of rotatable bonds is 9. The summed E-state index contributed by atoms with van der Waals surface area (Å²) in [4.78, 5) is 14.3. The van der Waals surface area contributed by atoms with Crippen LogP contribution in [0.1, 0.15) is 39.5 Å². The average molecular weight is 257 g/mol. The van der Waals surface area contributed by atoms with Gasteiger partial charge in [0.25, 0.3) is 0 Å². The zero-order valence-electron chi connectivity index (χ0n) is 12.1. The molecule has 1 atom stereocenters. The number of carbonyl (C=O) groups is 1. The van der Waals surface area contributed by atoms with E-state index in [1.165, 1.54) is 7.11 Å². The molecule has 0 N–H and O–H groups in total. The van der Waals surface area contributed by atoms with Gasteiger partial charge in [0.1, 0.15) is 6.04 Å². The van der Waals surface area contributed by atoms with Crippen LogP contribution in [0.5, 0.6) is 0 Å². The molecule has 0 bridgehead atoms. The molecule has 0 heterocycles. The summed E-state index contributed by atoms with van der Waals surface area (Å²) >= 11 is 0. The smallest absolute Gasteiger partial charge is 0.323 e. The van der Waals surface area contributed by atoms with Gasteiger partial charge in [0, 0.05) is 19.7 Å². The maximum Gasteiger partial charge on any atom is 0.323 e. The standard InChI is InChI=1S/C14H27NO3/c1-5-12(6-2)15(9-10-17-3)13(11-7-8-11)14(16)18-4/h11-13H,5-10H2,1-4H3. The number of esters is 1. The van der Waals surface area contributed by atoms with E-state index >= 15 is 0 Å². The van der Waals surface area contributed by atoms with Gasteiger partial charge >= 0.3 is 5.97 Å². The molecule has 1 fully saturated rings.